The summed E-state index contributed by atoms with van der Waals surface area (Å²) in [5.74, 6) is -0.0211. The molecular formula is C76H147NO5. The van der Waals surface area contributed by atoms with E-state index in [0.717, 1.165) is 44.9 Å². The quantitative estimate of drug-likeness (QED) is 0.0320. The third-order valence-corrected chi connectivity index (χ3v) is 17.7. The monoisotopic (exact) mass is 1150 g/mol. The van der Waals surface area contributed by atoms with Crippen molar-refractivity contribution in [3.05, 3.63) is 24.3 Å². The fraction of sp³-hybridized carbons (Fsp3) is 0.921. The van der Waals surface area contributed by atoms with Crippen LogP contribution in [0.3, 0.4) is 0 Å². The van der Waals surface area contributed by atoms with Crippen LogP contribution < -0.4 is 5.32 Å². The van der Waals surface area contributed by atoms with Crippen molar-refractivity contribution in [2.24, 2.45) is 0 Å². The van der Waals surface area contributed by atoms with E-state index in [9.17, 15) is 19.8 Å². The number of hydrogen-bond acceptors (Lipinski definition) is 5. The number of aliphatic hydroxyl groups is 2. The predicted octanol–water partition coefficient (Wildman–Crippen LogP) is 24.5. The summed E-state index contributed by atoms with van der Waals surface area (Å²) in [7, 11) is 0. The van der Waals surface area contributed by atoms with Crippen molar-refractivity contribution < 1.29 is 24.5 Å². The zero-order valence-electron chi connectivity index (χ0n) is 55.8. The fourth-order valence-corrected chi connectivity index (χ4v) is 12.0. The number of carbonyl (C=O) groups is 2. The number of esters is 1. The van der Waals surface area contributed by atoms with Crippen LogP contribution in [0.15, 0.2) is 24.3 Å². The van der Waals surface area contributed by atoms with E-state index in [0.29, 0.717) is 25.9 Å². The van der Waals surface area contributed by atoms with Gasteiger partial charge in [-0.1, -0.05) is 359 Å². The number of rotatable bonds is 71. The molecule has 0 saturated carbocycles. The molecule has 0 fully saturated rings. The molecule has 0 rings (SSSR count). The minimum absolute atomic E-state index is 0.00885. The molecule has 0 aromatic heterocycles. The summed E-state index contributed by atoms with van der Waals surface area (Å²) < 4.78 is 5.49. The zero-order chi connectivity index (χ0) is 59.2. The number of ether oxygens (including phenoxy) is 1. The predicted molar refractivity (Wildman–Crippen MR) is 361 cm³/mol. The van der Waals surface area contributed by atoms with Gasteiger partial charge in [0.1, 0.15) is 0 Å². The molecule has 2 atom stereocenters. The molecule has 6 nitrogen and oxygen atoms in total. The number of nitrogens with one attached hydrogen (secondary N) is 1. The van der Waals surface area contributed by atoms with Crippen LogP contribution in [0.5, 0.6) is 0 Å². The lowest BCUT2D eigenvalue weighted by molar-refractivity contribution is -0.143. The van der Waals surface area contributed by atoms with Gasteiger partial charge in [0.15, 0.2) is 0 Å². The Morgan fingerprint density at radius 1 is 0.329 bits per heavy atom. The average Bonchev–Trinajstić information content (AvgIpc) is 3.48. The Bertz CT molecular complexity index is 1280. The van der Waals surface area contributed by atoms with Crippen molar-refractivity contribution in [2.75, 3.05) is 13.2 Å². The lowest BCUT2D eigenvalue weighted by Crippen LogP contribution is -2.45. The Morgan fingerprint density at radius 2 is 0.573 bits per heavy atom. The number of amides is 1. The van der Waals surface area contributed by atoms with E-state index in [2.05, 4.69) is 43.5 Å². The highest BCUT2D eigenvalue weighted by atomic mass is 16.5. The third-order valence-electron chi connectivity index (χ3n) is 17.7. The van der Waals surface area contributed by atoms with E-state index in [4.69, 9.17) is 4.74 Å². The van der Waals surface area contributed by atoms with Crippen molar-refractivity contribution in [3.8, 4) is 0 Å². The number of carbonyl (C=O) groups excluding carboxylic acids is 2. The molecule has 0 radical (unpaired) electrons. The second-order valence-corrected chi connectivity index (χ2v) is 26.0. The standard InChI is InChI=1S/C76H147NO5/c1-3-5-7-9-11-13-15-17-19-20-21-22-31-34-37-41-44-48-52-56-60-64-68-74(79)73(72-78)77-75(80)69-65-61-57-53-49-45-42-38-35-32-29-27-25-23-24-26-28-30-33-36-39-43-47-51-55-59-63-67-71-82-76(81)70-66-62-58-54-50-46-40-18-16-14-12-10-8-6-4-2/h18,23-24,40,73-74,78-79H,3-17,19-22,25-39,41-72H2,1-2H3,(H,77,80)/b24-23-,40-18-. The maximum Gasteiger partial charge on any atom is 0.305 e. The van der Waals surface area contributed by atoms with Crippen LogP contribution in [-0.2, 0) is 14.3 Å². The SMILES string of the molecule is CCCCCCCC/C=C\CCCCCCCC(=O)OCCCCCCCCCCCCCC/C=C\CCCCCCCCCCCCCCC(=O)NC(CO)C(O)CCCCCCCCCCCCCCCCCCCCCCCC. The van der Waals surface area contributed by atoms with E-state index in [-0.39, 0.29) is 18.5 Å². The third kappa shape index (κ3) is 67.5. The first-order valence-electron chi connectivity index (χ1n) is 37.6. The molecule has 0 aromatic rings. The molecule has 2 unspecified atom stereocenters. The summed E-state index contributed by atoms with van der Waals surface area (Å²) in [5.41, 5.74) is 0. The summed E-state index contributed by atoms with van der Waals surface area (Å²) in [6.45, 7) is 4.99. The first kappa shape index (κ1) is 80.3. The lowest BCUT2D eigenvalue weighted by Gasteiger charge is -2.22. The minimum atomic E-state index is -0.665. The van der Waals surface area contributed by atoms with Gasteiger partial charge in [-0.2, -0.15) is 0 Å². The molecular weight excluding hydrogens is 1010 g/mol. The van der Waals surface area contributed by atoms with Crippen molar-refractivity contribution >= 4 is 11.9 Å². The highest BCUT2D eigenvalue weighted by Gasteiger charge is 2.20. The van der Waals surface area contributed by atoms with Gasteiger partial charge >= 0.3 is 5.97 Å². The molecule has 82 heavy (non-hydrogen) atoms. The van der Waals surface area contributed by atoms with Gasteiger partial charge in [0, 0.05) is 12.8 Å². The average molecular weight is 1160 g/mol. The molecule has 1 amide bonds. The molecule has 0 heterocycles. The van der Waals surface area contributed by atoms with Gasteiger partial charge in [0.25, 0.3) is 0 Å². The number of hydrogen-bond donors (Lipinski definition) is 3. The Balaban J connectivity index is 3.38. The number of aliphatic hydroxyl groups excluding tert-OH is 2. The molecule has 6 heteroatoms. The first-order chi connectivity index (χ1) is 40.5. The minimum Gasteiger partial charge on any atom is -0.466 e. The van der Waals surface area contributed by atoms with Crippen LogP contribution in [0.25, 0.3) is 0 Å². The van der Waals surface area contributed by atoms with E-state index in [1.54, 1.807) is 0 Å². The fourth-order valence-electron chi connectivity index (χ4n) is 12.0. The summed E-state index contributed by atoms with van der Waals surface area (Å²) in [4.78, 5) is 24.6. The van der Waals surface area contributed by atoms with Crippen LogP contribution >= 0.6 is 0 Å². The highest BCUT2D eigenvalue weighted by molar-refractivity contribution is 5.76. The molecule has 0 bridgehead atoms. The van der Waals surface area contributed by atoms with Crippen molar-refractivity contribution in [3.63, 3.8) is 0 Å². The van der Waals surface area contributed by atoms with Gasteiger partial charge in [-0.3, -0.25) is 9.59 Å². The largest absolute Gasteiger partial charge is 0.466 e. The molecule has 486 valence electrons. The van der Waals surface area contributed by atoms with Crippen LogP contribution in [0.4, 0.5) is 0 Å². The Labute approximate surface area is 513 Å². The van der Waals surface area contributed by atoms with Crippen molar-refractivity contribution in [2.45, 2.75) is 437 Å². The van der Waals surface area contributed by atoms with E-state index >= 15 is 0 Å². The molecule has 3 N–H and O–H groups in total. The van der Waals surface area contributed by atoms with Crippen LogP contribution in [0.1, 0.15) is 425 Å². The second-order valence-electron chi connectivity index (χ2n) is 26.0. The maximum absolute atomic E-state index is 12.6. The lowest BCUT2D eigenvalue weighted by atomic mass is 10.0. The van der Waals surface area contributed by atoms with Gasteiger partial charge in [0.05, 0.1) is 25.4 Å². The van der Waals surface area contributed by atoms with Crippen LogP contribution in [0, 0.1) is 0 Å². The normalized spacial score (nSPS) is 12.6. The van der Waals surface area contributed by atoms with E-state index < -0.39 is 12.1 Å². The molecule has 0 saturated heterocycles. The molecule has 0 aliphatic heterocycles. The Hall–Kier alpha value is -1.66. The maximum atomic E-state index is 12.6. The van der Waals surface area contributed by atoms with Gasteiger partial charge in [0.2, 0.25) is 5.91 Å². The smallest absolute Gasteiger partial charge is 0.305 e. The van der Waals surface area contributed by atoms with Crippen LogP contribution in [0.2, 0.25) is 0 Å². The highest BCUT2D eigenvalue weighted by Crippen LogP contribution is 2.19. The summed E-state index contributed by atoms with van der Waals surface area (Å²) >= 11 is 0. The summed E-state index contributed by atoms with van der Waals surface area (Å²) in [6.07, 6.45) is 91.0. The van der Waals surface area contributed by atoms with Crippen molar-refractivity contribution in [1.29, 1.82) is 0 Å². The topological polar surface area (TPSA) is 95.9 Å². The molecule has 0 aromatic carbocycles. The zero-order valence-corrected chi connectivity index (χ0v) is 55.8. The molecule has 0 aliphatic carbocycles. The molecule has 0 aliphatic rings. The van der Waals surface area contributed by atoms with E-state index in [1.165, 1.54) is 347 Å². The van der Waals surface area contributed by atoms with Crippen LogP contribution in [-0.4, -0.2) is 47.4 Å². The van der Waals surface area contributed by atoms with Gasteiger partial charge < -0.3 is 20.3 Å². The molecule has 0 spiro atoms. The number of unbranched alkanes of at least 4 members (excludes halogenated alkanes) is 56. The van der Waals surface area contributed by atoms with Crippen molar-refractivity contribution in [1.82, 2.24) is 5.32 Å². The second kappa shape index (κ2) is 71.8. The van der Waals surface area contributed by atoms with Gasteiger partial charge in [-0.15, -0.1) is 0 Å². The van der Waals surface area contributed by atoms with Gasteiger partial charge in [-0.25, -0.2) is 0 Å². The first-order valence-corrected chi connectivity index (χ1v) is 37.6. The Morgan fingerprint density at radius 3 is 0.866 bits per heavy atom. The Kier molecular flexibility index (Phi) is 70.4. The summed E-state index contributed by atoms with van der Waals surface area (Å²) in [6, 6.07) is -0.543. The van der Waals surface area contributed by atoms with Gasteiger partial charge in [-0.05, 0) is 77.0 Å². The summed E-state index contributed by atoms with van der Waals surface area (Å²) in [5, 5.41) is 23.4. The number of allylic oxidation sites excluding steroid dienone is 4. The van der Waals surface area contributed by atoms with E-state index in [1.807, 2.05) is 0 Å².